The molecule has 1 saturated heterocycles. The molecule has 1 atom stereocenters. The third-order valence-corrected chi connectivity index (χ3v) is 3.23. The van der Waals surface area contributed by atoms with Crippen molar-refractivity contribution in [2.45, 2.75) is 13.0 Å². The van der Waals surface area contributed by atoms with E-state index in [0.717, 1.165) is 31.0 Å². The van der Waals surface area contributed by atoms with E-state index in [1.165, 1.54) is 0 Å². The van der Waals surface area contributed by atoms with Gasteiger partial charge in [-0.1, -0.05) is 12.1 Å². The molecule has 2 rings (SSSR count). The molecule has 1 unspecified atom stereocenters. The van der Waals surface area contributed by atoms with Crippen molar-refractivity contribution in [1.82, 2.24) is 4.90 Å². The standard InChI is InChI=1S/C13H18N3O/c1-11-9-15(2)7-8-16(11)13-6-4-3-5-12(13)14-10-17/h3-6,11H,7-9H2,1-2H3,(H,14,17). The van der Waals surface area contributed by atoms with Gasteiger partial charge >= 0.3 is 6.41 Å². The SMILES string of the molecule is CC1CN(C)CCN1c1ccccc1N[C]=O. The monoisotopic (exact) mass is 232 g/mol. The number of benzene rings is 1. The highest BCUT2D eigenvalue weighted by molar-refractivity contribution is 5.81. The molecule has 1 aromatic rings. The van der Waals surface area contributed by atoms with Crippen molar-refractivity contribution in [3.05, 3.63) is 24.3 Å². The van der Waals surface area contributed by atoms with E-state index in [4.69, 9.17) is 0 Å². The van der Waals surface area contributed by atoms with E-state index in [2.05, 4.69) is 29.1 Å². The van der Waals surface area contributed by atoms with Crippen LogP contribution in [0.5, 0.6) is 0 Å². The minimum Gasteiger partial charge on any atom is -0.365 e. The molecule has 1 radical (unpaired) electrons. The largest absolute Gasteiger partial charge is 0.365 e. The minimum atomic E-state index is 0.448. The maximum Gasteiger partial charge on any atom is 0.314 e. The van der Waals surface area contributed by atoms with E-state index >= 15 is 0 Å². The molecule has 91 valence electrons. The van der Waals surface area contributed by atoms with Crippen molar-refractivity contribution in [3.8, 4) is 0 Å². The first-order valence-corrected chi connectivity index (χ1v) is 5.89. The van der Waals surface area contributed by atoms with Gasteiger partial charge in [-0.3, -0.25) is 4.79 Å². The molecule has 1 aromatic carbocycles. The summed E-state index contributed by atoms with van der Waals surface area (Å²) >= 11 is 0. The zero-order chi connectivity index (χ0) is 12.3. The van der Waals surface area contributed by atoms with Gasteiger partial charge in [0.1, 0.15) is 0 Å². The Balaban J connectivity index is 2.23. The third-order valence-electron chi connectivity index (χ3n) is 3.23. The molecule has 4 heteroatoms. The fourth-order valence-electron chi connectivity index (χ4n) is 2.38. The fourth-order valence-corrected chi connectivity index (χ4v) is 2.38. The summed E-state index contributed by atoms with van der Waals surface area (Å²) in [6.45, 7) is 5.27. The van der Waals surface area contributed by atoms with Crippen molar-refractivity contribution in [1.29, 1.82) is 0 Å². The Morgan fingerprint density at radius 2 is 2.12 bits per heavy atom. The van der Waals surface area contributed by atoms with Crippen molar-refractivity contribution in [2.24, 2.45) is 0 Å². The van der Waals surface area contributed by atoms with Crippen LogP contribution in [-0.4, -0.2) is 44.0 Å². The molecule has 1 aliphatic rings. The van der Waals surface area contributed by atoms with Gasteiger partial charge < -0.3 is 15.1 Å². The van der Waals surface area contributed by atoms with Crippen molar-refractivity contribution >= 4 is 17.8 Å². The number of hydrogen-bond donors (Lipinski definition) is 1. The van der Waals surface area contributed by atoms with Gasteiger partial charge in [-0.15, -0.1) is 0 Å². The number of likely N-dealkylation sites (N-methyl/N-ethyl adjacent to an activating group) is 1. The molecule has 4 nitrogen and oxygen atoms in total. The maximum absolute atomic E-state index is 10.5. The van der Waals surface area contributed by atoms with E-state index in [9.17, 15) is 4.79 Å². The van der Waals surface area contributed by atoms with Crippen LogP contribution in [-0.2, 0) is 4.79 Å². The van der Waals surface area contributed by atoms with Gasteiger partial charge in [0.05, 0.1) is 11.4 Å². The molecule has 1 N–H and O–H groups in total. The van der Waals surface area contributed by atoms with Crippen LogP contribution in [0.4, 0.5) is 11.4 Å². The fraction of sp³-hybridized carbons (Fsp3) is 0.462. The molecule has 0 spiro atoms. The van der Waals surface area contributed by atoms with Crippen LogP contribution in [0, 0.1) is 0 Å². The summed E-state index contributed by atoms with van der Waals surface area (Å²) in [4.78, 5) is 15.1. The van der Waals surface area contributed by atoms with E-state index < -0.39 is 0 Å². The second kappa shape index (κ2) is 5.19. The van der Waals surface area contributed by atoms with Gasteiger partial charge in [-0.2, -0.15) is 0 Å². The molecular weight excluding hydrogens is 214 g/mol. The average Bonchev–Trinajstić information content (AvgIpc) is 2.31. The first-order chi connectivity index (χ1) is 8.22. The first-order valence-electron chi connectivity index (χ1n) is 5.89. The first kappa shape index (κ1) is 11.9. The summed E-state index contributed by atoms with van der Waals surface area (Å²) in [7, 11) is 2.14. The maximum atomic E-state index is 10.5. The molecule has 1 amide bonds. The van der Waals surface area contributed by atoms with Crippen LogP contribution in [0.1, 0.15) is 6.92 Å². The van der Waals surface area contributed by atoms with Crippen molar-refractivity contribution in [2.75, 3.05) is 36.9 Å². The van der Waals surface area contributed by atoms with Gasteiger partial charge in [0.25, 0.3) is 0 Å². The van der Waals surface area contributed by atoms with Gasteiger partial charge in [0, 0.05) is 25.7 Å². The summed E-state index contributed by atoms with van der Waals surface area (Å²) in [6, 6.07) is 8.32. The predicted octanol–water partition coefficient (Wildman–Crippen LogP) is 1.31. The lowest BCUT2D eigenvalue weighted by atomic mass is 10.1. The molecule has 17 heavy (non-hydrogen) atoms. The number of piperazine rings is 1. The Kier molecular flexibility index (Phi) is 3.64. The minimum absolute atomic E-state index is 0.448. The van der Waals surface area contributed by atoms with Crippen LogP contribution in [0.3, 0.4) is 0 Å². The van der Waals surface area contributed by atoms with Gasteiger partial charge in [-0.05, 0) is 26.1 Å². The number of carbonyl (C=O) groups excluding carboxylic acids is 1. The molecule has 0 aromatic heterocycles. The van der Waals surface area contributed by atoms with Crippen molar-refractivity contribution in [3.63, 3.8) is 0 Å². The Morgan fingerprint density at radius 3 is 2.82 bits per heavy atom. The highest BCUT2D eigenvalue weighted by atomic mass is 16.1. The normalized spacial score (nSPS) is 21.3. The average molecular weight is 232 g/mol. The lowest BCUT2D eigenvalue weighted by molar-refractivity contribution is 0.276. The Morgan fingerprint density at radius 1 is 1.35 bits per heavy atom. The number of anilines is 2. The van der Waals surface area contributed by atoms with E-state index in [1.807, 2.05) is 24.3 Å². The Hall–Kier alpha value is -1.55. The van der Waals surface area contributed by atoms with Crippen LogP contribution in [0.2, 0.25) is 0 Å². The summed E-state index contributed by atoms with van der Waals surface area (Å²) in [5, 5.41) is 2.64. The molecular formula is C13H18N3O. The van der Waals surface area contributed by atoms with Crippen LogP contribution in [0.25, 0.3) is 0 Å². The Bertz CT molecular complexity index is 394. The van der Waals surface area contributed by atoms with Gasteiger partial charge in [-0.25, -0.2) is 0 Å². The highest BCUT2D eigenvalue weighted by Gasteiger charge is 2.23. The lowest BCUT2D eigenvalue weighted by Crippen LogP contribution is -2.50. The summed E-state index contributed by atoms with van der Waals surface area (Å²) in [6.07, 6.45) is 1.75. The number of amides is 1. The number of nitrogens with one attached hydrogen (secondary N) is 1. The quantitative estimate of drug-likeness (QED) is 0.798. The summed E-state index contributed by atoms with van der Waals surface area (Å²) < 4.78 is 0. The lowest BCUT2D eigenvalue weighted by Gasteiger charge is -2.40. The van der Waals surface area contributed by atoms with Crippen LogP contribution in [0.15, 0.2) is 24.3 Å². The highest BCUT2D eigenvalue weighted by Crippen LogP contribution is 2.28. The zero-order valence-electron chi connectivity index (χ0n) is 10.3. The van der Waals surface area contributed by atoms with Gasteiger partial charge in [0.15, 0.2) is 0 Å². The number of hydrogen-bond acceptors (Lipinski definition) is 3. The Labute approximate surface area is 102 Å². The van der Waals surface area contributed by atoms with Crippen LogP contribution >= 0.6 is 0 Å². The smallest absolute Gasteiger partial charge is 0.314 e. The van der Waals surface area contributed by atoms with Crippen molar-refractivity contribution < 1.29 is 4.79 Å². The molecule has 0 bridgehead atoms. The molecule has 1 fully saturated rings. The third kappa shape index (κ3) is 2.58. The predicted molar refractivity (Wildman–Crippen MR) is 70.1 cm³/mol. The van der Waals surface area contributed by atoms with Gasteiger partial charge in [0.2, 0.25) is 0 Å². The summed E-state index contributed by atoms with van der Waals surface area (Å²) in [5.41, 5.74) is 1.91. The van der Waals surface area contributed by atoms with Crippen LogP contribution < -0.4 is 10.2 Å². The van der Waals surface area contributed by atoms with E-state index in [0.29, 0.717) is 6.04 Å². The zero-order valence-corrected chi connectivity index (χ0v) is 10.3. The molecule has 0 saturated carbocycles. The molecule has 0 aliphatic carbocycles. The number of rotatable bonds is 3. The molecule has 1 aliphatic heterocycles. The second-order valence-corrected chi connectivity index (χ2v) is 4.55. The van der Waals surface area contributed by atoms with E-state index in [1.54, 1.807) is 6.41 Å². The number of para-hydroxylation sites is 2. The number of nitrogens with zero attached hydrogens (tertiary/aromatic N) is 2. The summed E-state index contributed by atoms with van der Waals surface area (Å²) in [5.74, 6) is 0. The molecule has 1 heterocycles. The second-order valence-electron chi connectivity index (χ2n) is 4.55. The van der Waals surface area contributed by atoms with E-state index in [-0.39, 0.29) is 0 Å². The topological polar surface area (TPSA) is 35.6 Å².